The van der Waals surface area contributed by atoms with E-state index in [1.807, 2.05) is 11.9 Å². The highest BCUT2D eigenvalue weighted by atomic mass is 16.2. The van der Waals surface area contributed by atoms with E-state index in [2.05, 4.69) is 57.5 Å². The molecular formula is C23H29N5O3. The van der Waals surface area contributed by atoms with Crippen molar-refractivity contribution >= 4 is 34.4 Å². The maximum atomic E-state index is 13.0. The fourth-order valence-electron chi connectivity index (χ4n) is 5.29. The molecule has 1 aromatic heterocycles. The van der Waals surface area contributed by atoms with Crippen LogP contribution in [0.15, 0.2) is 30.5 Å². The maximum absolute atomic E-state index is 13.0. The topological polar surface area (TPSA) is 86.7 Å². The molecule has 2 saturated heterocycles. The lowest BCUT2D eigenvalue weighted by atomic mass is 9.87. The Bertz CT molecular complexity index is 1060. The predicted octanol–water partition coefficient (Wildman–Crippen LogP) is 1.98. The highest BCUT2D eigenvalue weighted by Gasteiger charge is 2.55. The van der Waals surface area contributed by atoms with Gasteiger partial charge >= 0.3 is 6.03 Å². The number of amides is 4. The molecule has 1 saturated carbocycles. The summed E-state index contributed by atoms with van der Waals surface area (Å²) in [6.07, 6.45) is 4.55. The highest BCUT2D eigenvalue weighted by molar-refractivity contribution is 6.07. The summed E-state index contributed by atoms with van der Waals surface area (Å²) in [7, 11) is 2.05. The summed E-state index contributed by atoms with van der Waals surface area (Å²) in [6.45, 7) is 4.22. The number of piperazine rings is 1. The van der Waals surface area contributed by atoms with E-state index in [9.17, 15) is 14.4 Å². The number of anilines is 1. The van der Waals surface area contributed by atoms with Crippen LogP contribution >= 0.6 is 0 Å². The van der Waals surface area contributed by atoms with Crippen molar-refractivity contribution in [1.29, 1.82) is 0 Å². The normalized spacial score (nSPS) is 26.3. The van der Waals surface area contributed by atoms with Crippen molar-refractivity contribution in [1.82, 2.24) is 20.1 Å². The van der Waals surface area contributed by atoms with Crippen LogP contribution in [0.1, 0.15) is 32.6 Å². The summed E-state index contributed by atoms with van der Waals surface area (Å²) >= 11 is 0. The third-order valence-electron chi connectivity index (χ3n) is 7.17. The van der Waals surface area contributed by atoms with Gasteiger partial charge in [-0.3, -0.25) is 14.9 Å². The number of aromatic nitrogens is 1. The van der Waals surface area contributed by atoms with Gasteiger partial charge in [0.05, 0.1) is 0 Å². The molecule has 8 heteroatoms. The average Bonchev–Trinajstić information content (AvgIpc) is 3.48. The summed E-state index contributed by atoms with van der Waals surface area (Å²) in [6, 6.07) is 8.25. The van der Waals surface area contributed by atoms with Gasteiger partial charge in [0.2, 0.25) is 5.91 Å². The number of hydrogen-bond acceptors (Lipinski definition) is 4. The zero-order valence-electron chi connectivity index (χ0n) is 18.1. The number of hydrogen-bond donors (Lipinski definition) is 2. The molecule has 3 heterocycles. The molecule has 1 aromatic carbocycles. The average molecular weight is 424 g/mol. The van der Waals surface area contributed by atoms with E-state index in [0.717, 1.165) is 19.4 Å². The third-order valence-corrected chi connectivity index (χ3v) is 7.17. The van der Waals surface area contributed by atoms with Crippen LogP contribution in [0.3, 0.4) is 0 Å². The molecule has 8 nitrogen and oxygen atoms in total. The molecule has 3 aliphatic rings. The summed E-state index contributed by atoms with van der Waals surface area (Å²) in [5.74, 6) is -0.0748. The lowest BCUT2D eigenvalue weighted by Crippen LogP contribution is -2.54. The van der Waals surface area contributed by atoms with Crippen molar-refractivity contribution in [2.24, 2.45) is 13.0 Å². The van der Waals surface area contributed by atoms with Crippen LogP contribution in [0, 0.1) is 5.92 Å². The van der Waals surface area contributed by atoms with Crippen LogP contribution in [-0.4, -0.2) is 58.5 Å². The van der Waals surface area contributed by atoms with Crippen molar-refractivity contribution in [2.45, 2.75) is 44.2 Å². The maximum Gasteiger partial charge on any atom is 0.322 e. The van der Waals surface area contributed by atoms with Crippen LogP contribution in [0.25, 0.3) is 10.9 Å². The highest BCUT2D eigenvalue weighted by Crippen LogP contribution is 2.43. The van der Waals surface area contributed by atoms with Crippen LogP contribution < -0.4 is 15.5 Å². The Morgan fingerprint density at radius 3 is 2.68 bits per heavy atom. The van der Waals surface area contributed by atoms with Gasteiger partial charge in [-0.1, -0.05) is 6.07 Å². The van der Waals surface area contributed by atoms with Crippen molar-refractivity contribution < 1.29 is 14.4 Å². The minimum absolute atomic E-state index is 0.0541. The first kappa shape index (κ1) is 19.9. The van der Waals surface area contributed by atoms with E-state index in [0.29, 0.717) is 19.5 Å². The number of carbonyl (C=O) groups excluding carboxylic acids is 3. The largest absolute Gasteiger partial charge is 0.365 e. The molecule has 31 heavy (non-hydrogen) atoms. The molecule has 1 unspecified atom stereocenters. The molecule has 2 aliphatic heterocycles. The van der Waals surface area contributed by atoms with Crippen molar-refractivity contribution in [3.8, 4) is 0 Å². The second kappa shape index (κ2) is 7.28. The Kier molecular flexibility index (Phi) is 4.68. The van der Waals surface area contributed by atoms with E-state index in [4.69, 9.17) is 0 Å². The number of urea groups is 1. The number of aryl methyl sites for hydroxylation is 1. The SMILES string of the molecule is C[C@H]1CN(C(=O)CCC2(C3CC3)NC(=O)NC2=O)CCN1c1cccc2c1ccn2C. The summed E-state index contributed by atoms with van der Waals surface area (Å²) in [5.41, 5.74) is 1.50. The number of carbonyl (C=O) groups is 3. The Balaban J connectivity index is 1.25. The standard InChI is InChI=1S/C23H29N5O3/c1-15-14-27(12-13-28(15)19-5-3-4-18-17(19)9-11-26(18)2)20(29)8-10-23(16-6-7-16)21(30)24-22(31)25-23/h3-5,9,11,15-16H,6-8,10,12-14H2,1-2H3,(H2,24,25,30,31)/t15-,23?/m0/s1. The van der Waals surface area contributed by atoms with E-state index in [1.54, 1.807) is 0 Å². The number of nitrogens with one attached hydrogen (secondary N) is 2. The zero-order valence-corrected chi connectivity index (χ0v) is 18.1. The van der Waals surface area contributed by atoms with Gasteiger partial charge in [0.25, 0.3) is 5.91 Å². The second-order valence-electron chi connectivity index (χ2n) is 9.17. The minimum Gasteiger partial charge on any atom is -0.365 e. The van der Waals surface area contributed by atoms with Gasteiger partial charge < -0.3 is 19.7 Å². The van der Waals surface area contributed by atoms with E-state index in [-0.39, 0.29) is 30.2 Å². The second-order valence-corrected chi connectivity index (χ2v) is 9.17. The molecule has 0 spiro atoms. The Morgan fingerprint density at radius 1 is 1.19 bits per heavy atom. The molecule has 3 fully saturated rings. The van der Waals surface area contributed by atoms with E-state index >= 15 is 0 Å². The Labute approximate surface area is 181 Å². The molecule has 0 bridgehead atoms. The third kappa shape index (κ3) is 3.34. The number of imide groups is 1. The van der Waals surface area contributed by atoms with Gasteiger partial charge in [0, 0.05) is 61.9 Å². The number of rotatable bonds is 5. The minimum atomic E-state index is -0.900. The van der Waals surface area contributed by atoms with Gasteiger partial charge in [-0.15, -0.1) is 0 Å². The van der Waals surface area contributed by atoms with Crippen LogP contribution in [0.5, 0.6) is 0 Å². The predicted molar refractivity (Wildman–Crippen MR) is 118 cm³/mol. The van der Waals surface area contributed by atoms with Crippen LogP contribution in [-0.2, 0) is 16.6 Å². The lowest BCUT2D eigenvalue weighted by molar-refractivity contribution is -0.133. The van der Waals surface area contributed by atoms with E-state index < -0.39 is 11.6 Å². The van der Waals surface area contributed by atoms with Crippen molar-refractivity contribution in [2.75, 3.05) is 24.5 Å². The molecule has 4 amide bonds. The summed E-state index contributed by atoms with van der Waals surface area (Å²) in [4.78, 5) is 41.4. The van der Waals surface area contributed by atoms with Gasteiger partial charge in [-0.25, -0.2) is 4.79 Å². The van der Waals surface area contributed by atoms with Gasteiger partial charge in [0.15, 0.2) is 0 Å². The Morgan fingerprint density at radius 2 is 2.00 bits per heavy atom. The van der Waals surface area contributed by atoms with Crippen molar-refractivity contribution in [3.05, 3.63) is 30.5 Å². The quantitative estimate of drug-likeness (QED) is 0.720. The van der Waals surface area contributed by atoms with Crippen LogP contribution in [0.2, 0.25) is 0 Å². The molecule has 164 valence electrons. The molecule has 2 aromatic rings. The fraction of sp³-hybridized carbons (Fsp3) is 0.522. The molecule has 5 rings (SSSR count). The number of benzene rings is 1. The number of fused-ring (bicyclic) bond motifs is 1. The summed E-state index contributed by atoms with van der Waals surface area (Å²) in [5, 5.41) is 6.40. The summed E-state index contributed by atoms with van der Waals surface area (Å²) < 4.78 is 2.12. The molecule has 1 aliphatic carbocycles. The molecule has 2 N–H and O–H groups in total. The first-order valence-electron chi connectivity index (χ1n) is 11.1. The number of nitrogens with zero attached hydrogens (tertiary/aromatic N) is 3. The van der Waals surface area contributed by atoms with Crippen molar-refractivity contribution in [3.63, 3.8) is 0 Å². The zero-order chi connectivity index (χ0) is 21.8. The smallest absolute Gasteiger partial charge is 0.322 e. The fourth-order valence-corrected chi connectivity index (χ4v) is 5.29. The monoisotopic (exact) mass is 423 g/mol. The van der Waals surface area contributed by atoms with Crippen LogP contribution in [0.4, 0.5) is 10.5 Å². The molecule has 2 atom stereocenters. The van der Waals surface area contributed by atoms with Gasteiger partial charge in [-0.05, 0) is 50.3 Å². The molecular weight excluding hydrogens is 394 g/mol. The Hall–Kier alpha value is -3.03. The first-order chi connectivity index (χ1) is 14.9. The molecule has 0 radical (unpaired) electrons. The first-order valence-corrected chi connectivity index (χ1v) is 11.1. The van der Waals surface area contributed by atoms with Gasteiger partial charge in [0.1, 0.15) is 5.54 Å². The lowest BCUT2D eigenvalue weighted by Gasteiger charge is -2.42. The van der Waals surface area contributed by atoms with Gasteiger partial charge in [-0.2, -0.15) is 0 Å². The van der Waals surface area contributed by atoms with E-state index in [1.165, 1.54) is 16.6 Å².